The zero-order valence-electron chi connectivity index (χ0n) is 12.2. The molecule has 1 N–H and O–H groups in total. The fraction of sp³-hybridized carbons (Fsp3) is 0.562. The van der Waals surface area contributed by atoms with Crippen LogP contribution in [0.25, 0.3) is 0 Å². The van der Waals surface area contributed by atoms with Gasteiger partial charge in [0.2, 0.25) is 5.91 Å². The Kier molecular flexibility index (Phi) is 3.69. The Morgan fingerprint density at radius 1 is 1.24 bits per heavy atom. The minimum absolute atomic E-state index is 0.0880. The van der Waals surface area contributed by atoms with E-state index < -0.39 is 11.6 Å². The maximum absolute atomic E-state index is 13.9. The van der Waals surface area contributed by atoms with Gasteiger partial charge in [0, 0.05) is 25.1 Å². The first-order valence-electron chi connectivity index (χ1n) is 7.42. The van der Waals surface area contributed by atoms with Crippen LogP contribution in [0.5, 0.6) is 0 Å². The van der Waals surface area contributed by atoms with E-state index >= 15 is 0 Å². The number of hydrogen-bond acceptors (Lipinski definition) is 2. The van der Waals surface area contributed by atoms with E-state index in [2.05, 4.69) is 10.2 Å². The number of carbonyl (C=O) groups is 1. The van der Waals surface area contributed by atoms with Gasteiger partial charge < -0.3 is 5.32 Å². The molecule has 3 rings (SSSR count). The van der Waals surface area contributed by atoms with Crippen LogP contribution in [0.3, 0.4) is 0 Å². The van der Waals surface area contributed by atoms with E-state index in [0.29, 0.717) is 24.1 Å². The van der Waals surface area contributed by atoms with E-state index in [0.717, 1.165) is 32.5 Å². The van der Waals surface area contributed by atoms with Gasteiger partial charge in [0.15, 0.2) is 11.6 Å². The first-order valence-corrected chi connectivity index (χ1v) is 7.42. The minimum atomic E-state index is -0.744. The summed E-state index contributed by atoms with van der Waals surface area (Å²) in [6, 6.07) is 3.29. The van der Waals surface area contributed by atoms with Gasteiger partial charge in [-0.05, 0) is 43.8 Å². The molecule has 5 heteroatoms. The van der Waals surface area contributed by atoms with Gasteiger partial charge in [0.05, 0.1) is 0 Å². The first kappa shape index (κ1) is 14.4. The van der Waals surface area contributed by atoms with Crippen molar-refractivity contribution >= 4 is 5.91 Å². The number of likely N-dealkylation sites (tertiary alicyclic amines) is 1. The first-order chi connectivity index (χ1) is 9.99. The third kappa shape index (κ3) is 2.79. The normalized spacial score (nSPS) is 21.8. The maximum Gasteiger partial charge on any atom is 0.220 e. The summed E-state index contributed by atoms with van der Waals surface area (Å²) in [5, 5.41) is 2.90. The summed E-state index contributed by atoms with van der Waals surface area (Å²) in [7, 11) is 0. The number of rotatable bonds is 2. The Morgan fingerprint density at radius 2 is 1.95 bits per heavy atom. The van der Waals surface area contributed by atoms with Crippen molar-refractivity contribution in [3.05, 3.63) is 34.9 Å². The third-order valence-electron chi connectivity index (χ3n) is 4.86. The molecule has 1 amide bonds. The number of aryl methyl sites for hydroxylation is 1. The van der Waals surface area contributed by atoms with Gasteiger partial charge in [-0.3, -0.25) is 9.69 Å². The second-order valence-electron chi connectivity index (χ2n) is 6.40. The fourth-order valence-corrected chi connectivity index (χ4v) is 3.34. The molecule has 1 aromatic rings. The van der Waals surface area contributed by atoms with Crippen LogP contribution in [0.2, 0.25) is 0 Å². The van der Waals surface area contributed by atoms with Crippen molar-refractivity contribution in [2.24, 2.45) is 5.41 Å². The average Bonchev–Trinajstić information content (AvgIpc) is 2.83. The average molecular weight is 294 g/mol. The summed E-state index contributed by atoms with van der Waals surface area (Å²) < 4.78 is 27.5. The highest BCUT2D eigenvalue weighted by Crippen LogP contribution is 2.37. The predicted molar refractivity (Wildman–Crippen MR) is 75.7 cm³/mol. The Balaban J connectivity index is 1.63. The molecule has 2 aliphatic rings. The smallest absolute Gasteiger partial charge is 0.220 e. The summed E-state index contributed by atoms with van der Waals surface area (Å²) in [6.07, 6.45) is 2.47. The van der Waals surface area contributed by atoms with E-state index in [-0.39, 0.29) is 11.3 Å². The number of halogens is 2. The largest absolute Gasteiger partial charge is 0.356 e. The van der Waals surface area contributed by atoms with Crippen molar-refractivity contribution in [1.82, 2.24) is 10.2 Å². The summed E-state index contributed by atoms with van der Waals surface area (Å²) in [6.45, 7) is 4.40. The van der Waals surface area contributed by atoms with Crippen molar-refractivity contribution in [3.8, 4) is 0 Å². The van der Waals surface area contributed by atoms with Crippen LogP contribution in [0.15, 0.2) is 12.1 Å². The van der Waals surface area contributed by atoms with E-state index in [4.69, 9.17) is 0 Å². The quantitative estimate of drug-likeness (QED) is 0.908. The summed E-state index contributed by atoms with van der Waals surface area (Å²) in [5.41, 5.74) is 0.837. The Hall–Kier alpha value is -1.49. The lowest BCUT2D eigenvalue weighted by molar-refractivity contribution is -0.119. The molecule has 2 heterocycles. The van der Waals surface area contributed by atoms with Crippen LogP contribution in [-0.2, 0) is 11.3 Å². The van der Waals surface area contributed by atoms with Gasteiger partial charge in [-0.15, -0.1) is 0 Å². The van der Waals surface area contributed by atoms with Crippen LogP contribution < -0.4 is 5.32 Å². The summed E-state index contributed by atoms with van der Waals surface area (Å²) in [4.78, 5) is 13.5. The summed E-state index contributed by atoms with van der Waals surface area (Å²) >= 11 is 0. The van der Waals surface area contributed by atoms with Crippen LogP contribution in [0.4, 0.5) is 8.78 Å². The van der Waals surface area contributed by atoms with Gasteiger partial charge in [-0.1, -0.05) is 12.1 Å². The molecule has 2 saturated heterocycles. The second kappa shape index (κ2) is 5.37. The molecule has 21 heavy (non-hydrogen) atoms. The molecule has 0 aromatic heterocycles. The van der Waals surface area contributed by atoms with E-state index in [1.54, 1.807) is 19.1 Å². The lowest BCUT2D eigenvalue weighted by Gasteiger charge is -2.38. The van der Waals surface area contributed by atoms with E-state index in [1.165, 1.54) is 0 Å². The molecule has 0 atom stereocenters. The monoisotopic (exact) mass is 294 g/mol. The number of hydrogen-bond donors (Lipinski definition) is 1. The molecule has 0 radical (unpaired) electrons. The standard InChI is InChI=1S/C16H20F2N2O/c1-11-2-3-12(15(18)14(11)17)9-20-6-4-16(5-7-20)8-13(21)19-10-16/h2-3H,4-10H2,1H3,(H,19,21). The Morgan fingerprint density at radius 3 is 2.57 bits per heavy atom. The van der Waals surface area contributed by atoms with Gasteiger partial charge in [0.25, 0.3) is 0 Å². The number of nitrogens with zero attached hydrogens (tertiary/aromatic N) is 1. The Bertz CT molecular complexity index is 566. The Labute approximate surface area is 123 Å². The molecule has 2 aliphatic heterocycles. The SMILES string of the molecule is Cc1ccc(CN2CCC3(CC2)CNC(=O)C3)c(F)c1F. The molecule has 1 aromatic carbocycles. The second-order valence-corrected chi connectivity index (χ2v) is 6.40. The highest BCUT2D eigenvalue weighted by Gasteiger charge is 2.40. The molecule has 2 fully saturated rings. The molecule has 0 saturated carbocycles. The molecule has 3 nitrogen and oxygen atoms in total. The van der Waals surface area contributed by atoms with Crippen molar-refractivity contribution in [2.75, 3.05) is 19.6 Å². The number of piperidine rings is 1. The number of benzene rings is 1. The zero-order valence-corrected chi connectivity index (χ0v) is 12.2. The van der Waals surface area contributed by atoms with E-state index in [9.17, 15) is 13.6 Å². The highest BCUT2D eigenvalue weighted by atomic mass is 19.2. The highest BCUT2D eigenvalue weighted by molar-refractivity contribution is 5.79. The number of carbonyl (C=O) groups excluding carboxylic acids is 1. The third-order valence-corrected chi connectivity index (χ3v) is 4.86. The predicted octanol–water partition coefficient (Wildman–Crippen LogP) is 2.38. The molecule has 114 valence electrons. The van der Waals surface area contributed by atoms with Crippen LogP contribution in [0.1, 0.15) is 30.4 Å². The molecule has 1 spiro atoms. The van der Waals surface area contributed by atoms with Crippen LogP contribution >= 0.6 is 0 Å². The number of amides is 1. The van der Waals surface area contributed by atoms with Crippen molar-refractivity contribution < 1.29 is 13.6 Å². The molecular formula is C16H20F2N2O. The van der Waals surface area contributed by atoms with Gasteiger partial charge in [-0.25, -0.2) is 8.78 Å². The lowest BCUT2D eigenvalue weighted by Crippen LogP contribution is -2.40. The molecular weight excluding hydrogens is 274 g/mol. The molecule has 0 unspecified atom stereocenters. The van der Waals surface area contributed by atoms with Crippen molar-refractivity contribution in [3.63, 3.8) is 0 Å². The van der Waals surface area contributed by atoms with Crippen LogP contribution in [-0.4, -0.2) is 30.4 Å². The van der Waals surface area contributed by atoms with Crippen molar-refractivity contribution in [2.45, 2.75) is 32.7 Å². The topological polar surface area (TPSA) is 32.3 Å². The molecule has 0 aliphatic carbocycles. The fourth-order valence-electron chi connectivity index (χ4n) is 3.34. The zero-order chi connectivity index (χ0) is 15.0. The number of nitrogens with one attached hydrogen (secondary N) is 1. The summed E-state index contributed by atoms with van der Waals surface area (Å²) in [5.74, 6) is -1.34. The van der Waals surface area contributed by atoms with E-state index in [1.807, 2.05) is 0 Å². The van der Waals surface area contributed by atoms with Gasteiger partial charge >= 0.3 is 0 Å². The lowest BCUT2D eigenvalue weighted by atomic mass is 9.77. The maximum atomic E-state index is 13.9. The van der Waals surface area contributed by atoms with Gasteiger partial charge in [0.1, 0.15) is 0 Å². The van der Waals surface area contributed by atoms with Crippen molar-refractivity contribution in [1.29, 1.82) is 0 Å². The van der Waals surface area contributed by atoms with Gasteiger partial charge in [-0.2, -0.15) is 0 Å². The molecule has 0 bridgehead atoms. The van der Waals surface area contributed by atoms with Crippen LogP contribution in [0, 0.1) is 24.0 Å². The minimum Gasteiger partial charge on any atom is -0.356 e.